The lowest BCUT2D eigenvalue weighted by molar-refractivity contribution is 0.295. The topological polar surface area (TPSA) is 21.7 Å². The number of hydrogen-bond acceptors (Lipinski definition) is 3. The van der Waals surface area contributed by atoms with Crippen LogP contribution in [0.4, 0.5) is 0 Å². The average Bonchev–Trinajstić information content (AvgIpc) is 2.36. The number of hydrogen-bond donors (Lipinski definition) is 0. The molecular formula is C14H19NO2. The van der Waals surface area contributed by atoms with Crippen molar-refractivity contribution in [2.24, 2.45) is 0 Å². The molecule has 1 atom stereocenters. The highest BCUT2D eigenvalue weighted by Gasteiger charge is 2.08. The number of methoxy groups -OCH3 is 2. The first kappa shape index (κ1) is 13.4. The van der Waals surface area contributed by atoms with Gasteiger partial charge in [-0.05, 0) is 31.7 Å². The van der Waals surface area contributed by atoms with Gasteiger partial charge in [-0.25, -0.2) is 0 Å². The summed E-state index contributed by atoms with van der Waals surface area (Å²) in [5, 5.41) is 0. The molecule has 0 radical (unpaired) electrons. The van der Waals surface area contributed by atoms with E-state index in [-0.39, 0.29) is 6.04 Å². The van der Waals surface area contributed by atoms with E-state index in [0.29, 0.717) is 0 Å². The van der Waals surface area contributed by atoms with Crippen LogP contribution in [0.3, 0.4) is 0 Å². The van der Waals surface area contributed by atoms with Crippen LogP contribution in [0.25, 0.3) is 0 Å². The normalized spacial score (nSPS) is 12.0. The molecule has 0 saturated carbocycles. The highest BCUT2D eigenvalue weighted by Crippen LogP contribution is 2.23. The third-order valence-corrected chi connectivity index (χ3v) is 2.75. The van der Waals surface area contributed by atoms with Crippen LogP contribution in [-0.4, -0.2) is 32.2 Å². The van der Waals surface area contributed by atoms with Gasteiger partial charge in [0.1, 0.15) is 11.5 Å². The van der Waals surface area contributed by atoms with Gasteiger partial charge in [0.2, 0.25) is 0 Å². The fraction of sp³-hybridized carbons (Fsp3) is 0.429. The predicted molar refractivity (Wildman–Crippen MR) is 69.3 cm³/mol. The lowest BCUT2D eigenvalue weighted by Crippen LogP contribution is -2.26. The summed E-state index contributed by atoms with van der Waals surface area (Å²) in [4.78, 5) is 2.09. The average molecular weight is 233 g/mol. The minimum Gasteiger partial charge on any atom is -0.497 e. The quantitative estimate of drug-likeness (QED) is 0.727. The van der Waals surface area contributed by atoms with Gasteiger partial charge in [0.15, 0.2) is 0 Å². The van der Waals surface area contributed by atoms with E-state index in [0.717, 1.165) is 23.6 Å². The minimum atomic E-state index is 0.104. The zero-order chi connectivity index (χ0) is 12.8. The van der Waals surface area contributed by atoms with Gasteiger partial charge in [0.25, 0.3) is 0 Å². The zero-order valence-electron chi connectivity index (χ0n) is 10.9. The van der Waals surface area contributed by atoms with Crippen LogP contribution >= 0.6 is 0 Å². The molecule has 1 aromatic carbocycles. The standard InChI is InChI=1S/C14H19NO2/c1-6-11(2)15(3)10-12-7-13(16-4)9-14(8-12)17-5/h1,7-9,11H,10H2,2-5H3. The molecule has 1 unspecified atom stereocenters. The van der Waals surface area contributed by atoms with Crippen molar-refractivity contribution in [2.75, 3.05) is 21.3 Å². The molecule has 3 nitrogen and oxygen atoms in total. The fourth-order valence-corrected chi connectivity index (χ4v) is 1.51. The number of benzene rings is 1. The molecule has 0 aliphatic heterocycles. The second-order valence-corrected chi connectivity index (χ2v) is 3.98. The van der Waals surface area contributed by atoms with Crippen LogP contribution in [0.2, 0.25) is 0 Å². The van der Waals surface area contributed by atoms with E-state index < -0.39 is 0 Å². The highest BCUT2D eigenvalue weighted by atomic mass is 16.5. The van der Waals surface area contributed by atoms with Crippen molar-refractivity contribution in [3.8, 4) is 23.8 Å². The summed E-state index contributed by atoms with van der Waals surface area (Å²) < 4.78 is 10.5. The molecule has 3 heteroatoms. The van der Waals surface area contributed by atoms with Crippen LogP contribution in [0.1, 0.15) is 12.5 Å². The Kier molecular flexibility index (Phi) is 4.86. The number of rotatable bonds is 5. The summed E-state index contributed by atoms with van der Waals surface area (Å²) in [5.41, 5.74) is 1.12. The van der Waals surface area contributed by atoms with Crippen LogP contribution in [0.5, 0.6) is 11.5 Å². The van der Waals surface area contributed by atoms with Crippen LogP contribution in [-0.2, 0) is 6.54 Å². The van der Waals surface area contributed by atoms with Gasteiger partial charge >= 0.3 is 0 Å². The first-order valence-corrected chi connectivity index (χ1v) is 5.49. The van der Waals surface area contributed by atoms with E-state index in [1.54, 1.807) is 14.2 Å². The molecule has 0 aliphatic rings. The van der Waals surface area contributed by atoms with Crippen LogP contribution < -0.4 is 9.47 Å². The first-order valence-electron chi connectivity index (χ1n) is 5.49. The van der Waals surface area contributed by atoms with Crippen molar-refractivity contribution < 1.29 is 9.47 Å². The Morgan fingerprint density at radius 1 is 1.24 bits per heavy atom. The molecule has 17 heavy (non-hydrogen) atoms. The number of ether oxygens (including phenoxy) is 2. The van der Waals surface area contributed by atoms with Gasteiger partial charge in [-0.15, -0.1) is 6.42 Å². The van der Waals surface area contributed by atoms with Gasteiger partial charge in [-0.2, -0.15) is 0 Å². The van der Waals surface area contributed by atoms with Gasteiger partial charge in [-0.1, -0.05) is 5.92 Å². The molecular weight excluding hydrogens is 214 g/mol. The Hall–Kier alpha value is -1.66. The van der Waals surface area contributed by atoms with Gasteiger partial charge in [0.05, 0.1) is 20.3 Å². The second kappa shape index (κ2) is 6.17. The van der Waals surface area contributed by atoms with Gasteiger partial charge in [-0.3, -0.25) is 4.90 Å². The van der Waals surface area contributed by atoms with Gasteiger partial charge in [0, 0.05) is 12.6 Å². The third-order valence-electron chi connectivity index (χ3n) is 2.75. The van der Waals surface area contributed by atoms with Crippen LogP contribution in [0.15, 0.2) is 18.2 Å². The Morgan fingerprint density at radius 2 is 1.76 bits per heavy atom. The highest BCUT2D eigenvalue weighted by molar-refractivity contribution is 5.38. The van der Waals surface area contributed by atoms with Crippen molar-refractivity contribution in [3.05, 3.63) is 23.8 Å². The molecule has 0 N–H and O–H groups in total. The van der Waals surface area contributed by atoms with Crippen molar-refractivity contribution in [1.82, 2.24) is 4.90 Å². The molecule has 0 aromatic heterocycles. The summed E-state index contributed by atoms with van der Waals surface area (Å²) in [5.74, 6) is 4.29. The minimum absolute atomic E-state index is 0.104. The second-order valence-electron chi connectivity index (χ2n) is 3.98. The Balaban J connectivity index is 2.87. The summed E-state index contributed by atoms with van der Waals surface area (Å²) in [6.07, 6.45) is 5.40. The Bertz CT molecular complexity index is 387. The number of nitrogens with zero attached hydrogens (tertiary/aromatic N) is 1. The molecule has 0 heterocycles. The number of terminal acetylenes is 1. The third kappa shape index (κ3) is 3.69. The molecule has 1 rings (SSSR count). The van der Waals surface area contributed by atoms with E-state index in [1.807, 2.05) is 32.2 Å². The van der Waals surface area contributed by atoms with Crippen molar-refractivity contribution >= 4 is 0 Å². The van der Waals surface area contributed by atoms with E-state index in [1.165, 1.54) is 0 Å². The summed E-state index contributed by atoms with van der Waals surface area (Å²) in [6.45, 7) is 2.76. The molecule has 0 saturated heterocycles. The maximum atomic E-state index is 5.40. The van der Waals surface area contributed by atoms with Crippen molar-refractivity contribution in [3.63, 3.8) is 0 Å². The maximum absolute atomic E-state index is 5.40. The smallest absolute Gasteiger partial charge is 0.122 e. The zero-order valence-corrected chi connectivity index (χ0v) is 10.9. The predicted octanol–water partition coefficient (Wildman–Crippen LogP) is 2.16. The Morgan fingerprint density at radius 3 is 2.18 bits per heavy atom. The molecule has 0 bridgehead atoms. The van der Waals surface area contributed by atoms with Crippen LogP contribution in [0, 0.1) is 12.3 Å². The molecule has 92 valence electrons. The van der Waals surface area contributed by atoms with Gasteiger partial charge < -0.3 is 9.47 Å². The Labute approximate surface area is 103 Å². The summed E-state index contributed by atoms with van der Waals surface area (Å²) >= 11 is 0. The lowest BCUT2D eigenvalue weighted by atomic mass is 10.1. The molecule has 0 aliphatic carbocycles. The summed E-state index contributed by atoms with van der Waals surface area (Å²) in [6, 6.07) is 5.94. The maximum Gasteiger partial charge on any atom is 0.122 e. The van der Waals surface area contributed by atoms with E-state index in [4.69, 9.17) is 15.9 Å². The lowest BCUT2D eigenvalue weighted by Gasteiger charge is -2.20. The monoisotopic (exact) mass is 233 g/mol. The molecule has 0 spiro atoms. The van der Waals surface area contributed by atoms with Crippen molar-refractivity contribution in [2.45, 2.75) is 19.5 Å². The summed E-state index contributed by atoms with van der Waals surface area (Å²) in [7, 11) is 5.29. The SMILES string of the molecule is C#CC(C)N(C)Cc1cc(OC)cc(OC)c1. The molecule has 0 fully saturated rings. The fourth-order valence-electron chi connectivity index (χ4n) is 1.51. The van der Waals surface area contributed by atoms with Crippen molar-refractivity contribution in [1.29, 1.82) is 0 Å². The largest absolute Gasteiger partial charge is 0.497 e. The molecule has 0 amide bonds. The molecule has 1 aromatic rings. The first-order chi connectivity index (χ1) is 8.10. The van der Waals surface area contributed by atoms with E-state index in [2.05, 4.69) is 10.8 Å². The van der Waals surface area contributed by atoms with E-state index in [9.17, 15) is 0 Å². The van der Waals surface area contributed by atoms with E-state index >= 15 is 0 Å².